The van der Waals surface area contributed by atoms with Gasteiger partial charge in [0.15, 0.2) is 0 Å². The van der Waals surface area contributed by atoms with Crippen molar-refractivity contribution in [1.29, 1.82) is 0 Å². The van der Waals surface area contributed by atoms with Crippen LogP contribution in [0.1, 0.15) is 11.1 Å². The minimum absolute atomic E-state index is 0.553. The lowest BCUT2D eigenvalue weighted by Crippen LogP contribution is -2.13. The number of rotatable bonds is 3. The summed E-state index contributed by atoms with van der Waals surface area (Å²) in [6.07, 6.45) is 3.55. The Kier molecular flexibility index (Phi) is 2.78. The number of H-pyrrole nitrogens is 1. The monoisotopic (exact) mass is 200 g/mol. The molecule has 0 saturated heterocycles. The molecule has 2 aromatic rings. The summed E-state index contributed by atoms with van der Waals surface area (Å²) >= 11 is 0. The number of hydrogen-bond donors (Lipinski definition) is 2. The smallest absolute Gasteiger partial charge is 0.125 e. The highest BCUT2D eigenvalue weighted by Crippen LogP contribution is 2.01. The second-order valence-electron chi connectivity index (χ2n) is 3.17. The quantitative estimate of drug-likeness (QED) is 0.579. The maximum absolute atomic E-state index is 5.83. The van der Waals surface area contributed by atoms with Crippen LogP contribution < -0.4 is 5.73 Å². The Balaban J connectivity index is 2.08. The lowest BCUT2D eigenvalue weighted by molar-refractivity contribution is 1.06. The summed E-state index contributed by atoms with van der Waals surface area (Å²) in [7, 11) is 0. The average Bonchev–Trinajstić information content (AvgIpc) is 2.80. The van der Waals surface area contributed by atoms with Crippen molar-refractivity contribution >= 4 is 5.84 Å². The summed E-state index contributed by atoms with van der Waals surface area (Å²) in [5.41, 5.74) is 7.80. The molecule has 0 aliphatic heterocycles. The van der Waals surface area contributed by atoms with Crippen molar-refractivity contribution in [3.63, 3.8) is 0 Å². The molecule has 0 aliphatic rings. The van der Waals surface area contributed by atoms with E-state index in [-0.39, 0.29) is 0 Å². The Bertz CT molecular complexity index is 431. The molecule has 15 heavy (non-hydrogen) atoms. The van der Waals surface area contributed by atoms with Crippen molar-refractivity contribution in [2.45, 2.75) is 6.54 Å². The van der Waals surface area contributed by atoms with Crippen LogP contribution in [0, 0.1) is 0 Å². The average molecular weight is 200 g/mol. The zero-order valence-corrected chi connectivity index (χ0v) is 8.22. The van der Waals surface area contributed by atoms with Crippen LogP contribution in [0.3, 0.4) is 0 Å². The zero-order chi connectivity index (χ0) is 10.5. The van der Waals surface area contributed by atoms with E-state index in [2.05, 4.69) is 15.2 Å². The molecule has 0 unspecified atom stereocenters. The second-order valence-corrected chi connectivity index (χ2v) is 3.17. The molecule has 1 aromatic carbocycles. The van der Waals surface area contributed by atoms with Crippen LogP contribution in [0.5, 0.6) is 0 Å². The number of nitrogens with two attached hydrogens (primary N) is 1. The van der Waals surface area contributed by atoms with Crippen LogP contribution in [-0.2, 0) is 6.54 Å². The largest absolute Gasteiger partial charge is 0.383 e. The SMILES string of the molecule is NC(=NCc1cn[nH]c1)c1ccccc1. The highest BCUT2D eigenvalue weighted by atomic mass is 15.1. The van der Waals surface area contributed by atoms with Gasteiger partial charge in [-0.25, -0.2) is 0 Å². The Morgan fingerprint density at radius 3 is 2.80 bits per heavy atom. The summed E-state index contributed by atoms with van der Waals surface area (Å²) in [6, 6.07) is 9.71. The lowest BCUT2D eigenvalue weighted by Gasteiger charge is -1.99. The van der Waals surface area contributed by atoms with Crippen molar-refractivity contribution in [2.75, 3.05) is 0 Å². The molecule has 1 heterocycles. The van der Waals surface area contributed by atoms with Crippen molar-refractivity contribution in [3.05, 3.63) is 53.9 Å². The zero-order valence-electron chi connectivity index (χ0n) is 8.22. The van der Waals surface area contributed by atoms with Crippen LogP contribution in [0.15, 0.2) is 47.7 Å². The van der Waals surface area contributed by atoms with E-state index >= 15 is 0 Å². The predicted octanol–water partition coefficient (Wildman–Crippen LogP) is 1.32. The van der Waals surface area contributed by atoms with Gasteiger partial charge in [-0.2, -0.15) is 5.10 Å². The van der Waals surface area contributed by atoms with Gasteiger partial charge in [0, 0.05) is 17.3 Å². The molecular weight excluding hydrogens is 188 g/mol. The van der Waals surface area contributed by atoms with Crippen LogP contribution in [0.4, 0.5) is 0 Å². The Labute approximate surface area is 87.9 Å². The first-order valence-electron chi connectivity index (χ1n) is 4.69. The fraction of sp³-hybridized carbons (Fsp3) is 0.0909. The van der Waals surface area contributed by atoms with E-state index in [4.69, 9.17) is 5.73 Å². The number of hydrogen-bond acceptors (Lipinski definition) is 2. The van der Waals surface area contributed by atoms with Crippen molar-refractivity contribution in [1.82, 2.24) is 10.2 Å². The first-order chi connectivity index (χ1) is 7.36. The van der Waals surface area contributed by atoms with Gasteiger partial charge < -0.3 is 5.73 Å². The van der Waals surface area contributed by atoms with Gasteiger partial charge >= 0.3 is 0 Å². The van der Waals surface area contributed by atoms with E-state index < -0.39 is 0 Å². The fourth-order valence-electron chi connectivity index (χ4n) is 1.24. The summed E-state index contributed by atoms with van der Waals surface area (Å²) < 4.78 is 0. The molecule has 2 rings (SSSR count). The van der Waals surface area contributed by atoms with E-state index in [1.54, 1.807) is 6.20 Å². The van der Waals surface area contributed by atoms with Crippen molar-refractivity contribution in [3.8, 4) is 0 Å². The van der Waals surface area contributed by atoms with E-state index in [9.17, 15) is 0 Å². The molecule has 4 nitrogen and oxygen atoms in total. The molecule has 3 N–H and O–H groups in total. The normalized spacial score (nSPS) is 11.6. The maximum atomic E-state index is 5.83. The van der Waals surface area contributed by atoms with E-state index in [0.717, 1.165) is 11.1 Å². The Morgan fingerprint density at radius 2 is 2.13 bits per heavy atom. The molecule has 0 fully saturated rings. The number of nitrogens with one attached hydrogen (secondary N) is 1. The van der Waals surface area contributed by atoms with Gasteiger partial charge in [-0.05, 0) is 0 Å². The number of benzene rings is 1. The minimum atomic E-state index is 0.553. The molecule has 0 radical (unpaired) electrons. The predicted molar refractivity (Wildman–Crippen MR) is 59.5 cm³/mol. The van der Waals surface area contributed by atoms with E-state index in [1.165, 1.54) is 0 Å². The maximum Gasteiger partial charge on any atom is 0.125 e. The number of aliphatic imine (C=N–C) groups is 1. The van der Waals surface area contributed by atoms with Crippen LogP contribution in [0.2, 0.25) is 0 Å². The fourth-order valence-corrected chi connectivity index (χ4v) is 1.24. The molecule has 1 aromatic heterocycles. The molecule has 0 atom stereocenters. The number of aromatic nitrogens is 2. The molecule has 0 bridgehead atoms. The van der Waals surface area contributed by atoms with Crippen LogP contribution >= 0.6 is 0 Å². The molecule has 76 valence electrons. The van der Waals surface area contributed by atoms with Crippen molar-refractivity contribution in [2.24, 2.45) is 10.7 Å². The third kappa shape index (κ3) is 2.43. The summed E-state index contributed by atoms with van der Waals surface area (Å²) in [4.78, 5) is 4.27. The third-order valence-electron chi connectivity index (χ3n) is 2.06. The number of amidine groups is 1. The van der Waals surface area contributed by atoms with Gasteiger partial charge in [0.2, 0.25) is 0 Å². The molecular formula is C11H12N4. The molecule has 0 aliphatic carbocycles. The minimum Gasteiger partial charge on any atom is -0.383 e. The molecule has 4 heteroatoms. The van der Waals surface area contributed by atoms with E-state index in [0.29, 0.717) is 12.4 Å². The number of nitrogens with zero attached hydrogens (tertiary/aromatic N) is 2. The number of aromatic amines is 1. The second kappa shape index (κ2) is 4.41. The van der Waals surface area contributed by atoms with Gasteiger partial charge in [0.25, 0.3) is 0 Å². The van der Waals surface area contributed by atoms with Gasteiger partial charge in [-0.1, -0.05) is 30.3 Å². The first kappa shape index (κ1) is 9.45. The molecule has 0 amide bonds. The summed E-state index contributed by atoms with van der Waals surface area (Å²) in [5, 5.41) is 6.57. The third-order valence-corrected chi connectivity index (χ3v) is 2.06. The van der Waals surface area contributed by atoms with Gasteiger partial charge in [0.1, 0.15) is 5.84 Å². The highest BCUT2D eigenvalue weighted by molar-refractivity contribution is 5.97. The van der Waals surface area contributed by atoms with Gasteiger partial charge in [0.05, 0.1) is 12.7 Å². The topological polar surface area (TPSA) is 67.1 Å². The van der Waals surface area contributed by atoms with Crippen LogP contribution in [0.25, 0.3) is 0 Å². The van der Waals surface area contributed by atoms with Crippen LogP contribution in [-0.4, -0.2) is 16.0 Å². The van der Waals surface area contributed by atoms with E-state index in [1.807, 2.05) is 36.5 Å². The summed E-state index contributed by atoms with van der Waals surface area (Å²) in [5.74, 6) is 0.553. The first-order valence-corrected chi connectivity index (χ1v) is 4.69. The van der Waals surface area contributed by atoms with Gasteiger partial charge in [-0.3, -0.25) is 10.1 Å². The Morgan fingerprint density at radius 1 is 1.33 bits per heavy atom. The van der Waals surface area contributed by atoms with Crippen molar-refractivity contribution < 1.29 is 0 Å². The Hall–Kier alpha value is -2.10. The van der Waals surface area contributed by atoms with Gasteiger partial charge in [-0.15, -0.1) is 0 Å². The highest BCUT2D eigenvalue weighted by Gasteiger charge is 1.96. The molecule has 0 saturated carbocycles. The lowest BCUT2D eigenvalue weighted by atomic mass is 10.2. The standard InChI is InChI=1S/C11H12N4/c12-11(10-4-2-1-3-5-10)13-6-9-7-14-15-8-9/h1-5,7-8H,6H2,(H2,12,13)(H,14,15). The molecule has 0 spiro atoms. The summed E-state index contributed by atoms with van der Waals surface area (Å²) in [6.45, 7) is 0.553.